The van der Waals surface area contributed by atoms with Crippen molar-refractivity contribution in [3.63, 3.8) is 0 Å². The van der Waals surface area contributed by atoms with E-state index in [2.05, 4.69) is 5.32 Å². The van der Waals surface area contributed by atoms with Gasteiger partial charge in [0.15, 0.2) is 0 Å². The van der Waals surface area contributed by atoms with Crippen LogP contribution in [0, 0.1) is 0 Å². The first-order valence-electron chi connectivity index (χ1n) is 8.70. The number of para-hydroxylation sites is 1. The lowest BCUT2D eigenvalue weighted by molar-refractivity contribution is -0.117. The summed E-state index contributed by atoms with van der Waals surface area (Å²) in [5.74, 6) is 0.690. The molecule has 1 unspecified atom stereocenters. The van der Waals surface area contributed by atoms with Crippen molar-refractivity contribution < 1.29 is 14.3 Å². The average molecular weight is 353 g/mol. The first kappa shape index (κ1) is 17.8. The molecule has 0 aromatic heterocycles. The van der Waals surface area contributed by atoms with Crippen molar-refractivity contribution in [3.8, 4) is 5.75 Å². The Morgan fingerprint density at radius 3 is 2.69 bits per heavy atom. The summed E-state index contributed by atoms with van der Waals surface area (Å²) in [6.45, 7) is 2.93. The zero-order chi connectivity index (χ0) is 18.5. The molecule has 1 N–H and O–H groups in total. The number of rotatable bonds is 5. The number of benzene rings is 2. The normalized spacial score (nSPS) is 16.5. The maximum atomic E-state index is 12.6. The molecule has 0 radical (unpaired) electrons. The molecule has 0 aliphatic carbocycles. The number of hydrogen-bond acceptors (Lipinski definition) is 3. The lowest BCUT2D eigenvalue weighted by Crippen LogP contribution is -2.46. The predicted octanol–water partition coefficient (Wildman–Crippen LogP) is 3.04. The van der Waals surface area contributed by atoms with Crippen LogP contribution in [0.4, 0.5) is 16.2 Å². The molecule has 26 heavy (non-hydrogen) atoms. The van der Waals surface area contributed by atoms with Gasteiger partial charge in [0, 0.05) is 37.0 Å². The van der Waals surface area contributed by atoms with Gasteiger partial charge in [-0.25, -0.2) is 4.79 Å². The monoisotopic (exact) mass is 353 g/mol. The molecule has 2 aromatic carbocycles. The maximum Gasteiger partial charge on any atom is 0.322 e. The van der Waals surface area contributed by atoms with Crippen molar-refractivity contribution in [2.45, 2.75) is 19.4 Å². The van der Waals surface area contributed by atoms with Crippen LogP contribution < -0.4 is 19.9 Å². The van der Waals surface area contributed by atoms with E-state index in [0.29, 0.717) is 18.8 Å². The van der Waals surface area contributed by atoms with Crippen LogP contribution in [-0.2, 0) is 4.79 Å². The maximum absolute atomic E-state index is 12.6. The molecule has 1 aliphatic heterocycles. The van der Waals surface area contributed by atoms with Crippen molar-refractivity contribution in [3.05, 3.63) is 54.6 Å². The van der Waals surface area contributed by atoms with E-state index in [9.17, 15) is 9.59 Å². The lowest BCUT2D eigenvalue weighted by Gasteiger charge is -2.24. The second-order valence-electron chi connectivity index (χ2n) is 6.14. The van der Waals surface area contributed by atoms with Crippen molar-refractivity contribution in [1.82, 2.24) is 5.32 Å². The topological polar surface area (TPSA) is 61.9 Å². The summed E-state index contributed by atoms with van der Waals surface area (Å²) >= 11 is 0. The Morgan fingerprint density at radius 2 is 2.00 bits per heavy atom. The Balaban J connectivity index is 1.67. The highest BCUT2D eigenvalue weighted by molar-refractivity contribution is 5.98. The van der Waals surface area contributed by atoms with Crippen LogP contribution in [-0.4, -0.2) is 38.2 Å². The van der Waals surface area contributed by atoms with Crippen LogP contribution in [0.1, 0.15) is 13.3 Å². The highest BCUT2D eigenvalue weighted by atomic mass is 16.5. The highest BCUT2D eigenvalue weighted by Crippen LogP contribution is 2.25. The fraction of sp³-hybridized carbons (Fsp3) is 0.300. The molecule has 3 rings (SSSR count). The molecule has 1 atom stereocenters. The van der Waals surface area contributed by atoms with Gasteiger partial charge in [0.1, 0.15) is 5.75 Å². The number of methoxy groups -OCH3 is 1. The van der Waals surface area contributed by atoms with Gasteiger partial charge in [-0.3, -0.25) is 9.69 Å². The van der Waals surface area contributed by atoms with Crippen LogP contribution in [0.5, 0.6) is 5.75 Å². The fourth-order valence-corrected chi connectivity index (χ4v) is 3.14. The van der Waals surface area contributed by atoms with E-state index >= 15 is 0 Å². The minimum atomic E-state index is -0.223. The zero-order valence-corrected chi connectivity index (χ0v) is 15.0. The fourth-order valence-electron chi connectivity index (χ4n) is 3.14. The minimum absolute atomic E-state index is 0.00804. The van der Waals surface area contributed by atoms with E-state index in [4.69, 9.17) is 4.74 Å². The van der Waals surface area contributed by atoms with Crippen LogP contribution >= 0.6 is 0 Å². The summed E-state index contributed by atoms with van der Waals surface area (Å²) in [4.78, 5) is 28.4. The van der Waals surface area contributed by atoms with Crippen molar-refractivity contribution in [2.75, 3.05) is 30.0 Å². The standard InChI is InChI=1S/C20H23N3O3/c1-3-22(16-8-5-4-6-9-16)20(25)21-15-12-19(24)23(14-15)17-10-7-11-18(13-17)26-2/h4-11,13,15H,3,12,14H2,1-2H3,(H,21,25). The summed E-state index contributed by atoms with van der Waals surface area (Å²) in [5, 5.41) is 2.98. The van der Waals surface area contributed by atoms with E-state index in [1.54, 1.807) is 16.9 Å². The first-order chi connectivity index (χ1) is 12.6. The number of nitrogens with one attached hydrogen (secondary N) is 1. The number of amides is 3. The highest BCUT2D eigenvalue weighted by Gasteiger charge is 2.32. The van der Waals surface area contributed by atoms with Gasteiger partial charge in [-0.05, 0) is 31.2 Å². The van der Waals surface area contributed by atoms with E-state index in [-0.39, 0.29) is 24.4 Å². The van der Waals surface area contributed by atoms with E-state index in [0.717, 1.165) is 11.4 Å². The van der Waals surface area contributed by atoms with Gasteiger partial charge in [-0.2, -0.15) is 0 Å². The summed E-state index contributed by atoms with van der Waals surface area (Å²) in [6, 6.07) is 16.5. The van der Waals surface area contributed by atoms with Crippen LogP contribution in [0.2, 0.25) is 0 Å². The third-order valence-corrected chi connectivity index (χ3v) is 4.45. The molecular formula is C20H23N3O3. The molecule has 6 heteroatoms. The van der Waals surface area contributed by atoms with Gasteiger partial charge in [0.05, 0.1) is 13.2 Å². The lowest BCUT2D eigenvalue weighted by atomic mass is 10.2. The van der Waals surface area contributed by atoms with Crippen molar-refractivity contribution >= 4 is 23.3 Å². The number of ether oxygens (including phenoxy) is 1. The van der Waals surface area contributed by atoms with Gasteiger partial charge < -0.3 is 15.0 Å². The molecular weight excluding hydrogens is 330 g/mol. The molecule has 1 fully saturated rings. The average Bonchev–Trinajstić information content (AvgIpc) is 3.03. The Kier molecular flexibility index (Phi) is 5.41. The van der Waals surface area contributed by atoms with Gasteiger partial charge >= 0.3 is 6.03 Å². The summed E-state index contributed by atoms with van der Waals surface area (Å²) in [7, 11) is 1.59. The molecule has 0 saturated carbocycles. The quantitative estimate of drug-likeness (QED) is 0.899. The molecule has 2 aromatic rings. The number of nitrogens with zero attached hydrogens (tertiary/aromatic N) is 2. The first-order valence-corrected chi connectivity index (χ1v) is 8.70. The summed E-state index contributed by atoms with van der Waals surface area (Å²) < 4.78 is 5.22. The molecule has 136 valence electrons. The van der Waals surface area contributed by atoms with Crippen molar-refractivity contribution in [2.24, 2.45) is 0 Å². The Hall–Kier alpha value is -3.02. The van der Waals surface area contributed by atoms with Gasteiger partial charge in [-0.1, -0.05) is 24.3 Å². The molecule has 0 bridgehead atoms. The molecule has 1 saturated heterocycles. The molecule has 0 spiro atoms. The summed E-state index contributed by atoms with van der Waals surface area (Å²) in [6.07, 6.45) is 0.287. The number of urea groups is 1. The molecule has 1 aliphatic rings. The molecule has 6 nitrogen and oxygen atoms in total. The van der Waals surface area contributed by atoms with Crippen LogP contribution in [0.25, 0.3) is 0 Å². The smallest absolute Gasteiger partial charge is 0.322 e. The minimum Gasteiger partial charge on any atom is -0.497 e. The number of hydrogen-bond donors (Lipinski definition) is 1. The third kappa shape index (κ3) is 3.79. The predicted molar refractivity (Wildman–Crippen MR) is 102 cm³/mol. The second kappa shape index (κ2) is 7.91. The van der Waals surface area contributed by atoms with Gasteiger partial charge in [-0.15, -0.1) is 0 Å². The third-order valence-electron chi connectivity index (χ3n) is 4.45. The summed E-state index contributed by atoms with van der Waals surface area (Å²) in [5.41, 5.74) is 1.61. The number of carbonyl (C=O) groups is 2. The van der Waals surface area contributed by atoms with E-state index in [1.165, 1.54) is 0 Å². The number of carbonyl (C=O) groups excluding carboxylic acids is 2. The molecule has 1 heterocycles. The Morgan fingerprint density at radius 1 is 1.23 bits per heavy atom. The largest absolute Gasteiger partial charge is 0.497 e. The van der Waals surface area contributed by atoms with E-state index < -0.39 is 0 Å². The van der Waals surface area contributed by atoms with Gasteiger partial charge in [0.25, 0.3) is 0 Å². The second-order valence-corrected chi connectivity index (χ2v) is 6.14. The molecule has 3 amide bonds. The Labute approximate surface area is 153 Å². The van der Waals surface area contributed by atoms with Crippen molar-refractivity contribution in [1.29, 1.82) is 0 Å². The van der Waals surface area contributed by atoms with Gasteiger partial charge in [0.2, 0.25) is 5.91 Å². The Bertz CT molecular complexity index is 779. The van der Waals surface area contributed by atoms with Crippen LogP contribution in [0.3, 0.4) is 0 Å². The van der Waals surface area contributed by atoms with E-state index in [1.807, 2.05) is 61.5 Å². The number of anilines is 2. The SMILES string of the molecule is CCN(C(=O)NC1CC(=O)N(c2cccc(OC)c2)C1)c1ccccc1. The van der Waals surface area contributed by atoms with Crippen LogP contribution in [0.15, 0.2) is 54.6 Å². The zero-order valence-electron chi connectivity index (χ0n) is 15.0.